The molecule has 146 valence electrons. The van der Waals surface area contributed by atoms with Gasteiger partial charge in [0.1, 0.15) is 0 Å². The van der Waals surface area contributed by atoms with Crippen molar-refractivity contribution in [2.75, 3.05) is 32.7 Å². The summed E-state index contributed by atoms with van der Waals surface area (Å²) in [5.41, 5.74) is 0. The summed E-state index contributed by atoms with van der Waals surface area (Å²) in [6.07, 6.45) is 0.970. The molecule has 0 aliphatic heterocycles. The van der Waals surface area contributed by atoms with Crippen LogP contribution in [0, 0.1) is 0 Å². The summed E-state index contributed by atoms with van der Waals surface area (Å²) in [7, 11) is -7.43. The second kappa shape index (κ2) is 11.1. The summed E-state index contributed by atoms with van der Waals surface area (Å²) in [6, 6.07) is 5.45. The normalized spacial score (nSPS) is 12.2. The Kier molecular flexibility index (Phi) is 10.8. The van der Waals surface area contributed by atoms with Crippen LogP contribution in [0.2, 0.25) is 0 Å². The first kappa shape index (κ1) is 24.3. The van der Waals surface area contributed by atoms with E-state index in [1.54, 1.807) is 13.8 Å². The van der Waals surface area contributed by atoms with Crippen LogP contribution in [0.25, 0.3) is 0 Å². The highest BCUT2D eigenvalue weighted by molar-refractivity contribution is 7.90. The molecule has 1 aromatic rings. The highest BCUT2D eigenvalue weighted by Gasteiger charge is 2.23. The number of hydrogen-bond acceptors (Lipinski definition) is 5. The smallest absolute Gasteiger partial charge is 0.243 e. The Morgan fingerprint density at radius 2 is 1.52 bits per heavy atom. The van der Waals surface area contributed by atoms with Gasteiger partial charge in [-0.05, 0) is 31.2 Å². The number of halogens is 1. The molecule has 25 heavy (non-hydrogen) atoms. The molecule has 7 nitrogen and oxygen atoms in total. The fourth-order valence-corrected chi connectivity index (χ4v) is 4.83. The zero-order valence-electron chi connectivity index (χ0n) is 14.9. The standard InChI is InChI=1S/C15H27N3O4S2.ClH/c1-4-10-16-11-12-17-23(19,20)14-8-7-9-15(13-14)24(21,22)18(5-2)6-3;/h7-9,13,16-17H,4-6,10-12H2,1-3H3;1H. The highest BCUT2D eigenvalue weighted by Crippen LogP contribution is 2.19. The van der Waals surface area contributed by atoms with E-state index < -0.39 is 20.0 Å². The van der Waals surface area contributed by atoms with Crippen LogP contribution in [0.3, 0.4) is 0 Å². The van der Waals surface area contributed by atoms with E-state index in [2.05, 4.69) is 10.0 Å². The molecular weight excluding hydrogens is 386 g/mol. The molecule has 0 bridgehead atoms. The van der Waals surface area contributed by atoms with Gasteiger partial charge in [0.25, 0.3) is 0 Å². The summed E-state index contributed by atoms with van der Waals surface area (Å²) >= 11 is 0. The molecule has 1 rings (SSSR count). The first-order valence-corrected chi connectivity index (χ1v) is 11.0. The van der Waals surface area contributed by atoms with Gasteiger partial charge in [-0.1, -0.05) is 26.8 Å². The van der Waals surface area contributed by atoms with Gasteiger partial charge in [-0.15, -0.1) is 12.4 Å². The van der Waals surface area contributed by atoms with Crippen LogP contribution < -0.4 is 10.0 Å². The van der Waals surface area contributed by atoms with Gasteiger partial charge in [-0.25, -0.2) is 21.6 Å². The second-order valence-electron chi connectivity index (χ2n) is 5.21. The number of hydrogen-bond donors (Lipinski definition) is 2. The molecule has 0 saturated heterocycles. The van der Waals surface area contributed by atoms with Gasteiger partial charge < -0.3 is 5.32 Å². The Hall–Kier alpha value is -0.710. The zero-order chi connectivity index (χ0) is 18.2. The predicted octanol–water partition coefficient (Wildman–Crippen LogP) is 1.42. The molecule has 10 heteroatoms. The SMILES string of the molecule is CCCNCCNS(=O)(=O)c1cccc(S(=O)(=O)N(CC)CC)c1.Cl. The highest BCUT2D eigenvalue weighted by atomic mass is 35.5. The monoisotopic (exact) mass is 413 g/mol. The summed E-state index contributed by atoms with van der Waals surface area (Å²) < 4.78 is 53.4. The minimum atomic E-state index is -3.74. The van der Waals surface area contributed by atoms with Crippen molar-refractivity contribution in [1.29, 1.82) is 0 Å². The summed E-state index contributed by atoms with van der Waals surface area (Å²) in [5, 5.41) is 3.10. The Morgan fingerprint density at radius 3 is 2.08 bits per heavy atom. The number of rotatable bonds is 11. The van der Waals surface area contributed by atoms with Gasteiger partial charge >= 0.3 is 0 Å². The van der Waals surface area contributed by atoms with Gasteiger partial charge in [0.2, 0.25) is 20.0 Å². The molecule has 2 N–H and O–H groups in total. The van der Waals surface area contributed by atoms with Gasteiger partial charge in [-0.2, -0.15) is 4.31 Å². The Labute approximate surface area is 157 Å². The van der Waals surface area contributed by atoms with E-state index in [1.165, 1.54) is 28.6 Å². The van der Waals surface area contributed by atoms with Gasteiger partial charge in [0.15, 0.2) is 0 Å². The quantitative estimate of drug-likeness (QED) is 0.535. The number of nitrogens with one attached hydrogen (secondary N) is 2. The molecule has 0 amide bonds. The van der Waals surface area contributed by atoms with Crippen LogP contribution in [0.5, 0.6) is 0 Å². The van der Waals surface area contributed by atoms with Gasteiger partial charge in [-0.3, -0.25) is 0 Å². The predicted molar refractivity (Wildman–Crippen MR) is 102 cm³/mol. The van der Waals surface area contributed by atoms with Crippen molar-refractivity contribution in [3.8, 4) is 0 Å². The van der Waals surface area contributed by atoms with E-state index in [1.807, 2.05) is 6.92 Å². The van der Waals surface area contributed by atoms with Crippen molar-refractivity contribution in [1.82, 2.24) is 14.3 Å². The molecule has 0 unspecified atom stereocenters. The first-order chi connectivity index (χ1) is 11.3. The van der Waals surface area contributed by atoms with Crippen LogP contribution in [0.1, 0.15) is 27.2 Å². The molecule has 0 atom stereocenters. The Balaban J connectivity index is 0.00000576. The third-order valence-corrected chi connectivity index (χ3v) is 6.98. The van der Waals surface area contributed by atoms with E-state index in [-0.39, 0.29) is 28.7 Å². The van der Waals surface area contributed by atoms with E-state index >= 15 is 0 Å². The molecular formula is C15H28ClN3O4S2. The lowest BCUT2D eigenvalue weighted by molar-refractivity contribution is 0.445. The third-order valence-electron chi connectivity index (χ3n) is 3.48. The second-order valence-corrected chi connectivity index (χ2v) is 8.92. The molecule has 0 fully saturated rings. The van der Waals surface area contributed by atoms with Crippen LogP contribution in [-0.4, -0.2) is 53.9 Å². The summed E-state index contributed by atoms with van der Waals surface area (Å²) in [6.45, 7) is 7.76. The van der Waals surface area contributed by atoms with Crippen LogP contribution >= 0.6 is 12.4 Å². The topological polar surface area (TPSA) is 95.6 Å². The van der Waals surface area contributed by atoms with Gasteiger partial charge in [0, 0.05) is 26.2 Å². The van der Waals surface area contributed by atoms with E-state index in [4.69, 9.17) is 0 Å². The third kappa shape index (κ3) is 6.84. The maximum atomic E-state index is 12.5. The molecule has 0 aliphatic carbocycles. The number of benzene rings is 1. The molecule has 1 aromatic carbocycles. The minimum Gasteiger partial charge on any atom is -0.315 e. The van der Waals surface area contributed by atoms with Crippen molar-refractivity contribution >= 4 is 32.5 Å². The molecule has 0 radical (unpaired) electrons. The lowest BCUT2D eigenvalue weighted by Gasteiger charge is -2.18. The van der Waals surface area contributed by atoms with Gasteiger partial charge in [0.05, 0.1) is 9.79 Å². The van der Waals surface area contributed by atoms with E-state index in [0.717, 1.165) is 13.0 Å². The van der Waals surface area contributed by atoms with Crippen molar-refractivity contribution in [2.24, 2.45) is 0 Å². The largest absolute Gasteiger partial charge is 0.315 e. The lowest BCUT2D eigenvalue weighted by Crippen LogP contribution is -2.33. The Morgan fingerprint density at radius 1 is 0.920 bits per heavy atom. The Bertz CT molecular complexity index is 720. The lowest BCUT2D eigenvalue weighted by atomic mass is 10.4. The van der Waals surface area contributed by atoms with Crippen molar-refractivity contribution in [3.63, 3.8) is 0 Å². The van der Waals surface area contributed by atoms with Crippen LogP contribution in [-0.2, 0) is 20.0 Å². The van der Waals surface area contributed by atoms with Crippen molar-refractivity contribution in [2.45, 2.75) is 37.0 Å². The molecule has 0 aromatic heterocycles. The molecule has 0 spiro atoms. The van der Waals surface area contributed by atoms with Crippen molar-refractivity contribution < 1.29 is 16.8 Å². The average molecular weight is 414 g/mol. The van der Waals surface area contributed by atoms with Crippen LogP contribution in [0.15, 0.2) is 34.1 Å². The minimum absolute atomic E-state index is 0. The first-order valence-electron chi connectivity index (χ1n) is 8.10. The summed E-state index contributed by atoms with van der Waals surface area (Å²) in [4.78, 5) is -0.0654. The van der Waals surface area contributed by atoms with E-state index in [9.17, 15) is 16.8 Å². The zero-order valence-corrected chi connectivity index (χ0v) is 17.3. The maximum absolute atomic E-state index is 12.5. The van der Waals surface area contributed by atoms with Crippen molar-refractivity contribution in [3.05, 3.63) is 24.3 Å². The molecule has 0 heterocycles. The average Bonchev–Trinajstić information content (AvgIpc) is 2.55. The fourth-order valence-electron chi connectivity index (χ4n) is 2.17. The summed E-state index contributed by atoms with van der Waals surface area (Å²) in [5.74, 6) is 0. The molecule has 0 aliphatic rings. The maximum Gasteiger partial charge on any atom is 0.243 e. The fraction of sp³-hybridized carbons (Fsp3) is 0.600. The van der Waals surface area contributed by atoms with Crippen LogP contribution in [0.4, 0.5) is 0 Å². The number of sulfonamides is 2. The van der Waals surface area contributed by atoms with E-state index in [0.29, 0.717) is 19.6 Å². The molecule has 0 saturated carbocycles. The number of nitrogens with zero attached hydrogens (tertiary/aromatic N) is 1.